The number of piperidine rings is 1. The Bertz CT molecular complexity index is 774. The molecule has 0 saturated carbocycles. The number of ketones is 1. The van der Waals surface area contributed by atoms with E-state index in [1.807, 2.05) is 0 Å². The molecule has 0 aromatic heterocycles. The molecule has 10 heteroatoms. The number of carbonyl (C=O) groups excluding carboxylic acids is 1. The van der Waals surface area contributed by atoms with Gasteiger partial charge in [-0.2, -0.15) is 0 Å². The van der Waals surface area contributed by atoms with Gasteiger partial charge in [-0.25, -0.2) is 0 Å². The van der Waals surface area contributed by atoms with E-state index in [-0.39, 0.29) is 29.2 Å². The molecule has 0 aliphatic carbocycles. The summed E-state index contributed by atoms with van der Waals surface area (Å²) in [5.74, 6) is -1.21. The molecule has 29 heavy (non-hydrogen) atoms. The van der Waals surface area contributed by atoms with E-state index in [0.29, 0.717) is 12.3 Å². The van der Waals surface area contributed by atoms with Crippen LogP contribution in [-0.2, 0) is 11.2 Å². The molecule has 0 amide bonds. The fraction of sp³-hybridized carbons (Fsp3) is 0.632. The number of carbonyl (C=O) groups is 1. The molecule has 2 unspecified atom stereocenters. The van der Waals surface area contributed by atoms with E-state index in [9.17, 15) is 20.1 Å². The van der Waals surface area contributed by atoms with Crippen molar-refractivity contribution in [2.24, 2.45) is 11.8 Å². The van der Waals surface area contributed by atoms with Gasteiger partial charge in [0, 0.05) is 31.5 Å². The third-order valence-corrected chi connectivity index (χ3v) is 5.40. The lowest BCUT2D eigenvalue weighted by molar-refractivity contribution is -0.224. The lowest BCUT2D eigenvalue weighted by Crippen LogP contribution is -2.46. The summed E-state index contributed by atoms with van der Waals surface area (Å²) in [5.41, 5.74) is 0.500. The smallest absolute Gasteiger partial charge is 0.266 e. The molecule has 0 bridgehead atoms. The molecule has 2 atom stereocenters. The summed E-state index contributed by atoms with van der Waals surface area (Å²) in [7, 11) is 4.08. The highest BCUT2D eigenvalue weighted by Gasteiger charge is 2.39. The van der Waals surface area contributed by atoms with E-state index in [0.717, 1.165) is 44.9 Å². The third-order valence-electron chi connectivity index (χ3n) is 5.40. The largest absolute Gasteiger partial charge is 0.476 e. The SMILES string of the molecule is BC(B)(O)Oc1cc2c(cc1OC(B)(O)O)C1CC(=O)C(CC(C)C)CN1CC2. The number of hydrogen-bond donors (Lipinski definition) is 3. The lowest BCUT2D eigenvalue weighted by Gasteiger charge is -2.43. The van der Waals surface area contributed by atoms with Crippen LogP contribution in [0.5, 0.6) is 11.5 Å². The van der Waals surface area contributed by atoms with Crippen molar-refractivity contribution < 1.29 is 29.6 Å². The van der Waals surface area contributed by atoms with Crippen LogP contribution in [-0.4, -0.2) is 74.1 Å². The fourth-order valence-electron chi connectivity index (χ4n) is 4.37. The molecule has 156 valence electrons. The Balaban J connectivity index is 1.95. The van der Waals surface area contributed by atoms with Gasteiger partial charge >= 0.3 is 0 Å². The second kappa shape index (κ2) is 7.98. The Morgan fingerprint density at radius 3 is 2.41 bits per heavy atom. The molecule has 0 spiro atoms. The molecule has 1 fully saturated rings. The Kier molecular flexibility index (Phi) is 6.12. The second-order valence-corrected chi connectivity index (χ2v) is 9.34. The Labute approximate surface area is 174 Å². The van der Waals surface area contributed by atoms with Gasteiger partial charge in [-0.3, -0.25) is 9.69 Å². The molecule has 3 N–H and O–H groups in total. The van der Waals surface area contributed by atoms with Crippen LogP contribution >= 0.6 is 0 Å². The second-order valence-electron chi connectivity index (χ2n) is 9.34. The quantitative estimate of drug-likeness (QED) is 0.378. The summed E-state index contributed by atoms with van der Waals surface area (Å²) in [6, 6.07) is 3.43. The van der Waals surface area contributed by atoms with Crippen LogP contribution in [0.1, 0.15) is 43.9 Å². The summed E-state index contributed by atoms with van der Waals surface area (Å²) < 4.78 is 10.9. The van der Waals surface area contributed by atoms with Crippen molar-refractivity contribution in [1.82, 2.24) is 4.90 Å². The van der Waals surface area contributed by atoms with E-state index >= 15 is 0 Å². The number of benzene rings is 1. The zero-order valence-electron chi connectivity index (χ0n) is 17.9. The van der Waals surface area contributed by atoms with E-state index < -0.39 is 11.5 Å². The van der Waals surface area contributed by atoms with Crippen molar-refractivity contribution in [2.75, 3.05) is 13.1 Å². The van der Waals surface area contributed by atoms with Crippen molar-refractivity contribution in [2.45, 2.75) is 50.6 Å². The van der Waals surface area contributed by atoms with Crippen molar-refractivity contribution in [3.63, 3.8) is 0 Å². The fourth-order valence-corrected chi connectivity index (χ4v) is 4.37. The number of fused-ring (bicyclic) bond motifs is 3. The maximum Gasteiger partial charge on any atom is 0.266 e. The zero-order chi connectivity index (χ0) is 21.6. The minimum atomic E-state index is -2.40. The predicted molar refractivity (Wildman–Crippen MR) is 116 cm³/mol. The summed E-state index contributed by atoms with van der Waals surface area (Å²) >= 11 is 0. The van der Waals surface area contributed by atoms with Crippen LogP contribution in [0.2, 0.25) is 0 Å². The summed E-state index contributed by atoms with van der Waals surface area (Å²) in [4.78, 5) is 15.1. The molecular weight excluding hydrogens is 371 g/mol. The van der Waals surface area contributed by atoms with Crippen molar-refractivity contribution in [3.8, 4) is 11.5 Å². The van der Waals surface area contributed by atoms with Gasteiger partial charge in [0.15, 0.2) is 27.2 Å². The first kappa shape index (κ1) is 22.2. The molecule has 0 radical (unpaired) electrons. The standard InChI is InChI=1S/C19H30B3NO6/c1-10(2)5-12-9-23-4-3-11-6-16(28-18(20,21)25)17(29-19(22,26)27)7-13(11)14(23)8-15(12)24/h6-7,10,12,14,25-27H,3-5,8-9,20-22H2,1-2H3. The van der Waals surface area contributed by atoms with Gasteiger partial charge in [0.2, 0.25) is 7.85 Å². The first-order valence-corrected chi connectivity index (χ1v) is 10.3. The van der Waals surface area contributed by atoms with Crippen LogP contribution in [0.15, 0.2) is 12.1 Å². The number of rotatable bonds is 6. The highest BCUT2D eigenvalue weighted by atomic mass is 16.8. The van der Waals surface area contributed by atoms with Crippen LogP contribution < -0.4 is 9.47 Å². The zero-order valence-corrected chi connectivity index (χ0v) is 17.9. The molecule has 2 heterocycles. The first-order chi connectivity index (χ1) is 13.3. The van der Waals surface area contributed by atoms with Crippen molar-refractivity contribution in [1.29, 1.82) is 0 Å². The molecule has 2 aliphatic heterocycles. The Morgan fingerprint density at radius 1 is 1.17 bits per heavy atom. The van der Waals surface area contributed by atoms with Gasteiger partial charge < -0.3 is 24.8 Å². The topological polar surface area (TPSA) is 99.5 Å². The van der Waals surface area contributed by atoms with Gasteiger partial charge in [-0.15, -0.1) is 0 Å². The number of ether oxygens (including phenoxy) is 2. The van der Waals surface area contributed by atoms with Gasteiger partial charge in [0.1, 0.15) is 11.4 Å². The number of nitrogens with zero attached hydrogens (tertiary/aromatic N) is 1. The molecule has 1 saturated heterocycles. The average Bonchev–Trinajstić information content (AvgIpc) is 2.53. The predicted octanol–water partition coefficient (Wildman–Crippen LogP) is -1.92. The van der Waals surface area contributed by atoms with Crippen molar-refractivity contribution in [3.05, 3.63) is 23.3 Å². The maximum atomic E-state index is 12.8. The molecule has 1 aromatic rings. The van der Waals surface area contributed by atoms with Crippen LogP contribution in [0.3, 0.4) is 0 Å². The monoisotopic (exact) mass is 401 g/mol. The third kappa shape index (κ3) is 5.57. The molecule has 7 nitrogen and oxygen atoms in total. The minimum Gasteiger partial charge on any atom is -0.476 e. The molecule has 2 aliphatic rings. The van der Waals surface area contributed by atoms with Crippen LogP contribution in [0.4, 0.5) is 0 Å². The molecule has 1 aromatic carbocycles. The van der Waals surface area contributed by atoms with Gasteiger partial charge in [0.25, 0.3) is 5.87 Å². The van der Waals surface area contributed by atoms with Crippen LogP contribution in [0.25, 0.3) is 0 Å². The first-order valence-electron chi connectivity index (χ1n) is 10.3. The highest BCUT2D eigenvalue weighted by Crippen LogP contribution is 2.43. The normalized spacial score (nSPS) is 22.9. The Morgan fingerprint density at radius 2 is 1.83 bits per heavy atom. The van der Waals surface area contributed by atoms with Crippen molar-refractivity contribution >= 4 is 29.3 Å². The van der Waals surface area contributed by atoms with E-state index in [1.54, 1.807) is 12.1 Å². The molecular formula is C19H30B3NO6. The van der Waals surface area contributed by atoms with Gasteiger partial charge in [-0.1, -0.05) is 13.8 Å². The summed E-state index contributed by atoms with van der Waals surface area (Å²) in [6.45, 7) is 5.87. The van der Waals surface area contributed by atoms with Crippen LogP contribution in [0, 0.1) is 11.8 Å². The van der Waals surface area contributed by atoms with Gasteiger partial charge in [-0.05, 0) is 42.0 Å². The number of aliphatic hydroxyl groups is 3. The molecule has 3 rings (SSSR count). The lowest BCUT2D eigenvalue weighted by atomic mass is 9.76. The highest BCUT2D eigenvalue weighted by molar-refractivity contribution is 6.37. The minimum absolute atomic E-state index is 0.0585. The summed E-state index contributed by atoms with van der Waals surface area (Å²) in [6.07, 6.45) is 2.12. The van der Waals surface area contributed by atoms with E-state index in [4.69, 9.17) is 9.47 Å². The Hall–Kier alpha value is -1.48. The summed E-state index contributed by atoms with van der Waals surface area (Å²) in [5, 5.41) is 29.5. The average molecular weight is 401 g/mol. The number of Topliss-reactive ketones (excluding diaryl/α,β-unsaturated/α-hetero) is 1. The van der Waals surface area contributed by atoms with E-state index in [1.165, 1.54) is 15.7 Å². The maximum absolute atomic E-state index is 12.8. The number of hydrogen-bond acceptors (Lipinski definition) is 7. The van der Waals surface area contributed by atoms with E-state index in [2.05, 4.69) is 18.7 Å². The van der Waals surface area contributed by atoms with Gasteiger partial charge in [0.05, 0.1) is 0 Å².